The average Bonchev–Trinajstić information content (AvgIpc) is 3.17. The van der Waals surface area contributed by atoms with Crippen molar-refractivity contribution in [3.63, 3.8) is 0 Å². The summed E-state index contributed by atoms with van der Waals surface area (Å²) in [6.07, 6.45) is 1.33. The van der Waals surface area contributed by atoms with Gasteiger partial charge in [0.15, 0.2) is 5.69 Å². The highest BCUT2D eigenvalue weighted by Crippen LogP contribution is 2.27. The molecule has 0 aliphatic rings. The van der Waals surface area contributed by atoms with Crippen molar-refractivity contribution in [2.45, 2.75) is 0 Å². The van der Waals surface area contributed by atoms with Crippen LogP contribution in [0.3, 0.4) is 0 Å². The molecular weight excluding hydrogens is 456 g/mol. The van der Waals surface area contributed by atoms with Crippen molar-refractivity contribution in [3.8, 4) is 5.69 Å². The Bertz CT molecular complexity index is 1430. The Morgan fingerprint density at radius 2 is 1.91 bits per heavy atom. The fourth-order valence-electron chi connectivity index (χ4n) is 2.90. The number of carbonyl (C=O) groups excluding carboxylic acids is 1. The zero-order valence-electron chi connectivity index (χ0n) is 16.1. The van der Waals surface area contributed by atoms with Gasteiger partial charge in [0.1, 0.15) is 0 Å². The Morgan fingerprint density at radius 1 is 1.22 bits per heavy atom. The Hall–Kier alpha value is -4.09. The molecule has 2 heterocycles. The second kappa shape index (κ2) is 8.57. The van der Waals surface area contributed by atoms with E-state index < -0.39 is 16.4 Å². The number of anilines is 1. The minimum Gasteiger partial charge on any atom is -0.390 e. The van der Waals surface area contributed by atoms with E-state index in [1.165, 1.54) is 30.5 Å². The molecule has 0 aliphatic heterocycles. The summed E-state index contributed by atoms with van der Waals surface area (Å²) >= 11 is 7.04. The number of hydrogen-bond acceptors (Lipinski definition) is 8. The van der Waals surface area contributed by atoms with Crippen molar-refractivity contribution in [2.24, 2.45) is 5.10 Å². The van der Waals surface area contributed by atoms with Crippen molar-refractivity contribution < 1.29 is 9.72 Å². The lowest BCUT2D eigenvalue weighted by Crippen LogP contribution is -2.28. The number of carbonyl (C=O) groups is 1. The normalized spacial score (nSPS) is 11.2. The molecule has 10 nitrogen and oxygen atoms in total. The number of nitro benzene ring substituents is 1. The van der Waals surface area contributed by atoms with Crippen LogP contribution in [0.2, 0.25) is 5.02 Å². The van der Waals surface area contributed by atoms with E-state index in [4.69, 9.17) is 17.3 Å². The SMILES string of the molecule is Nc1scc2c(C(=O)NN=Cc3ccc([N+](=O)[O-])cc3)nn(-c3ccc(Cl)cc3)c(=O)c12. The molecule has 2 aromatic heterocycles. The predicted molar refractivity (Wildman–Crippen MR) is 123 cm³/mol. The Labute approximate surface area is 188 Å². The van der Waals surface area contributed by atoms with Gasteiger partial charge in [0.2, 0.25) is 0 Å². The van der Waals surface area contributed by atoms with E-state index in [-0.39, 0.29) is 21.8 Å². The number of amides is 1. The summed E-state index contributed by atoms with van der Waals surface area (Å²) in [5.74, 6) is -0.659. The van der Waals surface area contributed by atoms with Crippen molar-refractivity contribution in [1.29, 1.82) is 0 Å². The molecule has 3 N–H and O–H groups in total. The summed E-state index contributed by atoms with van der Waals surface area (Å²) < 4.78 is 1.08. The lowest BCUT2D eigenvalue weighted by atomic mass is 10.2. The largest absolute Gasteiger partial charge is 0.390 e. The molecule has 0 spiro atoms. The highest BCUT2D eigenvalue weighted by atomic mass is 35.5. The number of non-ortho nitro benzene ring substituents is 1. The number of nitrogen functional groups attached to an aromatic ring is 1. The van der Waals surface area contributed by atoms with Crippen LogP contribution in [-0.4, -0.2) is 26.8 Å². The molecule has 0 unspecified atom stereocenters. The van der Waals surface area contributed by atoms with Gasteiger partial charge in [-0.25, -0.2) is 5.43 Å². The number of benzene rings is 2. The summed E-state index contributed by atoms with van der Waals surface area (Å²) in [4.78, 5) is 35.9. The maximum Gasteiger partial charge on any atom is 0.292 e. The monoisotopic (exact) mass is 468 g/mol. The predicted octanol–water partition coefficient (Wildman–Crippen LogP) is 3.35. The van der Waals surface area contributed by atoms with E-state index >= 15 is 0 Å². The number of thiophene rings is 1. The van der Waals surface area contributed by atoms with Crippen molar-refractivity contribution in [3.05, 3.63) is 90.7 Å². The third-order valence-electron chi connectivity index (χ3n) is 4.45. The van der Waals surface area contributed by atoms with E-state index in [1.807, 2.05) is 0 Å². The number of nitrogens with zero attached hydrogens (tertiary/aromatic N) is 4. The van der Waals surface area contributed by atoms with Crippen LogP contribution in [0.5, 0.6) is 0 Å². The van der Waals surface area contributed by atoms with E-state index in [0.717, 1.165) is 16.0 Å². The van der Waals surface area contributed by atoms with Gasteiger partial charge < -0.3 is 5.73 Å². The summed E-state index contributed by atoms with van der Waals surface area (Å²) in [6.45, 7) is 0. The standard InChI is InChI=1S/C20H13ClN6O4S/c21-12-3-7-13(8-4-12)26-20(29)16-15(10-32-18(16)22)17(25-26)19(28)24-23-9-11-1-5-14(6-2-11)27(30)31/h1-10H,22H2,(H,24,28). The highest BCUT2D eigenvalue weighted by Gasteiger charge is 2.20. The van der Waals surface area contributed by atoms with E-state index in [9.17, 15) is 19.7 Å². The smallest absolute Gasteiger partial charge is 0.292 e. The number of aromatic nitrogens is 2. The first-order valence-electron chi connectivity index (χ1n) is 8.99. The molecule has 0 fully saturated rings. The van der Waals surface area contributed by atoms with Gasteiger partial charge in [0.05, 0.1) is 27.2 Å². The fourth-order valence-corrected chi connectivity index (χ4v) is 3.81. The molecule has 0 atom stereocenters. The highest BCUT2D eigenvalue weighted by molar-refractivity contribution is 7.15. The minimum absolute atomic E-state index is 0.0386. The zero-order chi connectivity index (χ0) is 22.8. The fraction of sp³-hybridized carbons (Fsp3) is 0. The van der Waals surface area contributed by atoms with Crippen LogP contribution in [0.15, 0.2) is 63.8 Å². The number of fused-ring (bicyclic) bond motifs is 1. The first-order valence-corrected chi connectivity index (χ1v) is 10.2. The summed E-state index contributed by atoms with van der Waals surface area (Å²) in [6, 6.07) is 12.0. The minimum atomic E-state index is -0.659. The molecule has 4 aromatic rings. The van der Waals surface area contributed by atoms with Crippen molar-refractivity contribution in [1.82, 2.24) is 15.2 Å². The third kappa shape index (κ3) is 4.06. The van der Waals surface area contributed by atoms with Crippen LogP contribution in [0.1, 0.15) is 16.1 Å². The first-order chi connectivity index (χ1) is 15.3. The summed E-state index contributed by atoms with van der Waals surface area (Å²) in [5.41, 5.74) is 8.72. The second-order valence-corrected chi connectivity index (χ2v) is 7.83. The molecule has 0 bridgehead atoms. The molecule has 12 heteroatoms. The number of rotatable bonds is 5. The first kappa shape index (κ1) is 21.2. The van der Waals surface area contributed by atoms with E-state index in [2.05, 4.69) is 15.6 Å². The van der Waals surface area contributed by atoms with Gasteiger partial charge in [-0.1, -0.05) is 11.6 Å². The molecule has 0 radical (unpaired) electrons. The van der Waals surface area contributed by atoms with Crippen LogP contribution in [0, 0.1) is 10.1 Å². The Balaban J connectivity index is 1.67. The third-order valence-corrected chi connectivity index (χ3v) is 5.51. The molecule has 4 rings (SSSR count). The Morgan fingerprint density at radius 3 is 2.56 bits per heavy atom. The molecule has 1 amide bonds. The zero-order valence-corrected chi connectivity index (χ0v) is 17.6. The van der Waals surface area contributed by atoms with Gasteiger partial charge in [-0.05, 0) is 42.0 Å². The number of hydrazone groups is 1. The van der Waals surface area contributed by atoms with Gasteiger partial charge in [-0.3, -0.25) is 19.7 Å². The lowest BCUT2D eigenvalue weighted by molar-refractivity contribution is -0.384. The molecule has 0 aliphatic carbocycles. The van der Waals surface area contributed by atoms with Gasteiger partial charge >= 0.3 is 0 Å². The lowest BCUT2D eigenvalue weighted by Gasteiger charge is -2.08. The number of nitrogens with two attached hydrogens (primary N) is 1. The maximum atomic E-state index is 12.9. The van der Waals surface area contributed by atoms with Crippen LogP contribution >= 0.6 is 22.9 Å². The number of nitro groups is 1. The Kier molecular flexibility index (Phi) is 5.67. The van der Waals surface area contributed by atoms with Crippen LogP contribution < -0.4 is 16.7 Å². The van der Waals surface area contributed by atoms with Crippen LogP contribution in [-0.2, 0) is 0 Å². The molecule has 0 saturated heterocycles. The molecule has 0 saturated carbocycles. The molecule has 2 aromatic carbocycles. The van der Waals surface area contributed by atoms with Gasteiger partial charge in [0, 0.05) is 27.9 Å². The van der Waals surface area contributed by atoms with Crippen LogP contribution in [0.4, 0.5) is 10.7 Å². The summed E-state index contributed by atoms with van der Waals surface area (Å²) in [7, 11) is 0. The van der Waals surface area contributed by atoms with Crippen LogP contribution in [0.25, 0.3) is 16.5 Å². The number of hydrogen-bond donors (Lipinski definition) is 2. The second-order valence-electron chi connectivity index (χ2n) is 6.48. The number of nitrogens with one attached hydrogen (secondary N) is 1. The van der Waals surface area contributed by atoms with Gasteiger partial charge in [0.25, 0.3) is 17.2 Å². The molecule has 32 heavy (non-hydrogen) atoms. The topological polar surface area (TPSA) is 146 Å². The summed E-state index contributed by atoms with van der Waals surface area (Å²) in [5, 5.41) is 21.6. The quantitative estimate of drug-likeness (QED) is 0.261. The maximum absolute atomic E-state index is 12.9. The molecular formula is C20H13ClN6O4S. The van der Waals surface area contributed by atoms with Gasteiger partial charge in [-0.15, -0.1) is 11.3 Å². The molecule has 160 valence electrons. The van der Waals surface area contributed by atoms with E-state index in [0.29, 0.717) is 21.7 Å². The van der Waals surface area contributed by atoms with Crippen molar-refractivity contribution in [2.75, 3.05) is 5.73 Å². The van der Waals surface area contributed by atoms with Gasteiger partial charge in [-0.2, -0.15) is 14.9 Å². The van der Waals surface area contributed by atoms with Crippen molar-refractivity contribution >= 4 is 56.5 Å². The van der Waals surface area contributed by atoms with E-state index in [1.54, 1.807) is 29.6 Å². The number of halogens is 1. The average molecular weight is 469 g/mol.